The number of phenolic OH excluding ortho intramolecular Hbond substituents is 1. The second kappa shape index (κ2) is 8.93. The largest absolute Gasteiger partial charge is 0.508 e. The van der Waals surface area contributed by atoms with Crippen molar-refractivity contribution in [1.29, 1.82) is 0 Å². The number of ether oxygens (including phenoxy) is 2. The number of phenols is 1. The van der Waals surface area contributed by atoms with E-state index in [0.717, 1.165) is 23.3 Å². The number of carboxylic acid groups (broad SMARTS) is 1. The van der Waals surface area contributed by atoms with Crippen LogP contribution in [0.15, 0.2) is 48.5 Å². The third-order valence-corrected chi connectivity index (χ3v) is 3.58. The molecule has 0 aliphatic heterocycles. The van der Waals surface area contributed by atoms with E-state index in [2.05, 4.69) is 0 Å². The third-order valence-electron chi connectivity index (χ3n) is 3.58. The normalized spacial score (nSPS) is 11.9. The number of aromatic hydroxyl groups is 1. The van der Waals surface area contributed by atoms with Gasteiger partial charge in [0.25, 0.3) is 0 Å². The molecule has 0 aliphatic carbocycles. The Kier molecular flexibility index (Phi) is 6.63. The molecule has 1 atom stereocenters. The average Bonchev–Trinajstić information content (AvgIpc) is 2.57. The smallest absolute Gasteiger partial charge is 0.333 e. The molecule has 0 fully saturated rings. The lowest BCUT2D eigenvalue weighted by Gasteiger charge is -2.13. The van der Waals surface area contributed by atoms with Gasteiger partial charge in [0.1, 0.15) is 11.5 Å². The molecule has 0 saturated carbocycles. The van der Waals surface area contributed by atoms with Crippen LogP contribution in [-0.2, 0) is 22.4 Å². The summed E-state index contributed by atoms with van der Waals surface area (Å²) >= 11 is 0. The quantitative estimate of drug-likeness (QED) is 0.739. The van der Waals surface area contributed by atoms with Crippen molar-refractivity contribution in [2.24, 2.45) is 0 Å². The first-order valence-electron chi connectivity index (χ1n) is 7.92. The fourth-order valence-electron chi connectivity index (χ4n) is 2.30. The molecule has 128 valence electrons. The van der Waals surface area contributed by atoms with Gasteiger partial charge < -0.3 is 19.7 Å². The van der Waals surface area contributed by atoms with E-state index < -0.39 is 12.1 Å². The van der Waals surface area contributed by atoms with Gasteiger partial charge in [-0.15, -0.1) is 0 Å². The molecule has 0 bridgehead atoms. The number of benzene rings is 2. The Morgan fingerprint density at radius 2 is 1.67 bits per heavy atom. The number of carboxylic acids is 1. The Balaban J connectivity index is 1.83. The Morgan fingerprint density at radius 3 is 2.25 bits per heavy atom. The lowest BCUT2D eigenvalue weighted by Crippen LogP contribution is -2.26. The molecule has 0 unspecified atom stereocenters. The lowest BCUT2D eigenvalue weighted by molar-refractivity contribution is -0.149. The number of hydrogen-bond donors (Lipinski definition) is 2. The molecule has 0 spiro atoms. The maximum atomic E-state index is 11.1. The second-order valence-corrected chi connectivity index (χ2v) is 5.40. The zero-order chi connectivity index (χ0) is 17.4. The third kappa shape index (κ3) is 5.59. The molecule has 2 aromatic carbocycles. The maximum absolute atomic E-state index is 11.1. The van der Waals surface area contributed by atoms with E-state index in [0.29, 0.717) is 19.6 Å². The minimum absolute atomic E-state index is 0.252. The summed E-state index contributed by atoms with van der Waals surface area (Å²) in [7, 11) is 0. The van der Waals surface area contributed by atoms with Gasteiger partial charge in [0, 0.05) is 19.4 Å². The predicted octanol–water partition coefficient (Wildman–Crippen LogP) is 3.05. The Morgan fingerprint density at radius 1 is 1.04 bits per heavy atom. The van der Waals surface area contributed by atoms with Crippen molar-refractivity contribution in [3.63, 3.8) is 0 Å². The molecule has 0 amide bonds. The van der Waals surface area contributed by atoms with Crippen LogP contribution < -0.4 is 4.74 Å². The summed E-state index contributed by atoms with van der Waals surface area (Å²) in [5, 5.41) is 18.3. The second-order valence-electron chi connectivity index (χ2n) is 5.40. The Labute approximate surface area is 141 Å². The first-order chi connectivity index (χ1) is 11.6. The van der Waals surface area contributed by atoms with Crippen molar-refractivity contribution in [3.05, 3.63) is 59.7 Å². The molecule has 24 heavy (non-hydrogen) atoms. The predicted molar refractivity (Wildman–Crippen MR) is 90.5 cm³/mol. The van der Waals surface area contributed by atoms with E-state index >= 15 is 0 Å². The summed E-state index contributed by atoms with van der Waals surface area (Å²) in [6.07, 6.45) is 0.251. The van der Waals surface area contributed by atoms with Gasteiger partial charge in [0.15, 0.2) is 6.10 Å². The highest BCUT2D eigenvalue weighted by molar-refractivity contribution is 5.72. The summed E-state index contributed by atoms with van der Waals surface area (Å²) in [6.45, 7) is 2.68. The molecule has 0 aliphatic rings. The SMILES string of the molecule is CCO[C@@H](Cc1ccc(OCCc2ccc(O)cc2)cc1)C(=O)O. The van der Waals surface area contributed by atoms with Gasteiger partial charge in [-0.2, -0.15) is 0 Å². The Bertz CT molecular complexity index is 634. The molecule has 2 N–H and O–H groups in total. The molecular weight excluding hydrogens is 308 g/mol. The van der Waals surface area contributed by atoms with E-state index in [1.54, 1.807) is 19.1 Å². The average molecular weight is 330 g/mol. The Hall–Kier alpha value is -2.53. The molecule has 0 saturated heterocycles. The van der Waals surface area contributed by atoms with Crippen molar-refractivity contribution in [2.45, 2.75) is 25.9 Å². The van der Waals surface area contributed by atoms with E-state index in [4.69, 9.17) is 14.6 Å². The highest BCUT2D eigenvalue weighted by Crippen LogP contribution is 2.16. The molecule has 0 aromatic heterocycles. The molecule has 0 radical (unpaired) electrons. The number of hydrogen-bond acceptors (Lipinski definition) is 4. The first kappa shape index (κ1) is 17.8. The zero-order valence-corrected chi connectivity index (χ0v) is 13.6. The fourth-order valence-corrected chi connectivity index (χ4v) is 2.30. The number of carbonyl (C=O) groups is 1. The van der Waals surface area contributed by atoms with Crippen LogP contribution in [0.5, 0.6) is 11.5 Å². The van der Waals surface area contributed by atoms with E-state index in [-0.39, 0.29) is 5.75 Å². The monoisotopic (exact) mass is 330 g/mol. The van der Waals surface area contributed by atoms with E-state index in [1.807, 2.05) is 36.4 Å². The summed E-state index contributed by atoms with van der Waals surface area (Å²) < 4.78 is 10.9. The molecule has 2 rings (SSSR count). The van der Waals surface area contributed by atoms with Gasteiger partial charge >= 0.3 is 5.97 Å². The zero-order valence-electron chi connectivity index (χ0n) is 13.6. The molecule has 2 aromatic rings. The van der Waals surface area contributed by atoms with Crippen molar-refractivity contribution in [1.82, 2.24) is 0 Å². The summed E-state index contributed by atoms with van der Waals surface area (Å²) in [5.41, 5.74) is 1.98. The van der Waals surface area contributed by atoms with Crippen LogP contribution in [0, 0.1) is 0 Å². The van der Waals surface area contributed by atoms with Crippen LogP contribution >= 0.6 is 0 Å². The molecular formula is C19H22O5. The molecule has 5 nitrogen and oxygen atoms in total. The summed E-state index contributed by atoms with van der Waals surface area (Å²) in [6, 6.07) is 14.4. The van der Waals surface area contributed by atoms with Gasteiger partial charge in [-0.05, 0) is 42.3 Å². The molecule has 5 heteroatoms. The van der Waals surface area contributed by atoms with Crippen LogP contribution in [0.1, 0.15) is 18.1 Å². The number of aliphatic carboxylic acids is 1. The van der Waals surface area contributed by atoms with Crippen LogP contribution in [-0.4, -0.2) is 35.5 Å². The summed E-state index contributed by atoms with van der Waals surface area (Å²) in [4.78, 5) is 11.1. The van der Waals surface area contributed by atoms with Gasteiger partial charge in [-0.25, -0.2) is 4.79 Å². The topological polar surface area (TPSA) is 76.0 Å². The number of rotatable bonds is 9. The van der Waals surface area contributed by atoms with Crippen LogP contribution in [0.2, 0.25) is 0 Å². The van der Waals surface area contributed by atoms with E-state index in [9.17, 15) is 9.90 Å². The van der Waals surface area contributed by atoms with Crippen molar-refractivity contribution >= 4 is 5.97 Å². The standard InChI is InChI=1S/C19H22O5/c1-2-23-18(19(21)22)13-15-5-9-17(10-6-15)24-12-11-14-3-7-16(20)8-4-14/h3-10,18,20H,2,11-13H2,1H3,(H,21,22)/t18-/m0/s1. The van der Waals surface area contributed by atoms with Crippen molar-refractivity contribution in [3.8, 4) is 11.5 Å². The van der Waals surface area contributed by atoms with Crippen molar-refractivity contribution in [2.75, 3.05) is 13.2 Å². The highest BCUT2D eigenvalue weighted by atomic mass is 16.5. The van der Waals surface area contributed by atoms with Gasteiger partial charge in [-0.3, -0.25) is 0 Å². The van der Waals surface area contributed by atoms with Gasteiger partial charge in [0.2, 0.25) is 0 Å². The van der Waals surface area contributed by atoms with Crippen LogP contribution in [0.25, 0.3) is 0 Å². The van der Waals surface area contributed by atoms with E-state index in [1.165, 1.54) is 0 Å². The minimum atomic E-state index is -0.953. The van der Waals surface area contributed by atoms with Crippen molar-refractivity contribution < 1.29 is 24.5 Å². The maximum Gasteiger partial charge on any atom is 0.333 e. The minimum Gasteiger partial charge on any atom is -0.508 e. The fraction of sp³-hybridized carbons (Fsp3) is 0.316. The highest BCUT2D eigenvalue weighted by Gasteiger charge is 2.17. The van der Waals surface area contributed by atoms with Crippen LogP contribution in [0.4, 0.5) is 0 Å². The van der Waals surface area contributed by atoms with Crippen LogP contribution in [0.3, 0.4) is 0 Å². The van der Waals surface area contributed by atoms with Gasteiger partial charge in [0.05, 0.1) is 6.61 Å². The lowest BCUT2D eigenvalue weighted by atomic mass is 10.1. The van der Waals surface area contributed by atoms with Gasteiger partial charge in [-0.1, -0.05) is 24.3 Å². The summed E-state index contributed by atoms with van der Waals surface area (Å²) in [5.74, 6) is 0.0360. The molecule has 0 heterocycles. The first-order valence-corrected chi connectivity index (χ1v) is 7.92.